The first-order valence-electron chi connectivity index (χ1n) is 7.14. The minimum absolute atomic E-state index is 0.237. The van der Waals surface area contributed by atoms with Gasteiger partial charge in [-0.25, -0.2) is 4.79 Å². The van der Waals surface area contributed by atoms with Crippen LogP contribution in [0.5, 0.6) is 0 Å². The molecule has 1 amide bonds. The van der Waals surface area contributed by atoms with E-state index in [1.165, 1.54) is 16.8 Å². The van der Waals surface area contributed by atoms with Crippen LogP contribution in [0.25, 0.3) is 0 Å². The molecule has 2 rings (SSSR count). The minimum atomic E-state index is -0.455. The molecule has 1 heterocycles. The van der Waals surface area contributed by atoms with Crippen LogP contribution < -0.4 is 4.90 Å². The molecule has 0 unspecified atom stereocenters. The van der Waals surface area contributed by atoms with E-state index >= 15 is 0 Å². The predicted molar refractivity (Wildman–Crippen MR) is 88.8 cm³/mol. The van der Waals surface area contributed by atoms with Crippen molar-refractivity contribution >= 4 is 27.7 Å². The van der Waals surface area contributed by atoms with Gasteiger partial charge in [0.05, 0.1) is 0 Å². The second-order valence-electron chi connectivity index (χ2n) is 6.61. The molecule has 0 atom stereocenters. The summed E-state index contributed by atoms with van der Waals surface area (Å²) in [6.07, 6.45) is 0.620. The molecule has 116 valence electrons. The number of amides is 1. The topological polar surface area (TPSA) is 32.8 Å². The van der Waals surface area contributed by atoms with Crippen LogP contribution in [-0.4, -0.2) is 37.2 Å². The Morgan fingerprint density at radius 3 is 2.57 bits per heavy atom. The third-order valence-electron chi connectivity index (χ3n) is 3.41. The summed E-state index contributed by atoms with van der Waals surface area (Å²) >= 11 is 3.55. The van der Waals surface area contributed by atoms with Crippen molar-refractivity contribution in [1.29, 1.82) is 0 Å². The average molecular weight is 355 g/mol. The molecule has 0 radical (unpaired) electrons. The summed E-state index contributed by atoms with van der Waals surface area (Å²) in [6, 6.07) is 4.22. The van der Waals surface area contributed by atoms with Crippen molar-refractivity contribution in [2.24, 2.45) is 0 Å². The quantitative estimate of drug-likeness (QED) is 0.768. The van der Waals surface area contributed by atoms with Crippen molar-refractivity contribution in [1.82, 2.24) is 4.90 Å². The number of carbonyl (C=O) groups is 1. The second-order valence-corrected chi connectivity index (χ2v) is 7.52. The number of hydrogen-bond donors (Lipinski definition) is 0. The summed E-state index contributed by atoms with van der Waals surface area (Å²) < 4.78 is 6.50. The van der Waals surface area contributed by atoms with Crippen LogP contribution in [-0.2, 0) is 17.7 Å². The van der Waals surface area contributed by atoms with E-state index in [-0.39, 0.29) is 6.09 Å². The molecule has 0 spiro atoms. The molecule has 0 N–H and O–H groups in total. The van der Waals surface area contributed by atoms with E-state index in [9.17, 15) is 4.79 Å². The lowest BCUT2D eigenvalue weighted by Gasteiger charge is -2.33. The maximum Gasteiger partial charge on any atom is 0.410 e. The van der Waals surface area contributed by atoms with E-state index in [1.807, 2.05) is 34.9 Å². The molecule has 0 aromatic heterocycles. The fourth-order valence-corrected chi connectivity index (χ4v) is 3.01. The lowest BCUT2D eigenvalue weighted by Crippen LogP contribution is -2.40. The fraction of sp³-hybridized carbons (Fsp3) is 0.562. The number of benzene rings is 1. The second kappa shape index (κ2) is 5.87. The Labute approximate surface area is 135 Å². The molecule has 5 heteroatoms. The summed E-state index contributed by atoms with van der Waals surface area (Å²) in [5, 5.41) is 0. The summed E-state index contributed by atoms with van der Waals surface area (Å²) in [5.74, 6) is 0. The lowest BCUT2D eigenvalue weighted by molar-refractivity contribution is 0.0224. The molecule has 4 nitrogen and oxygen atoms in total. The number of anilines is 1. The molecule has 1 aromatic rings. The first-order valence-corrected chi connectivity index (χ1v) is 7.93. The van der Waals surface area contributed by atoms with Gasteiger partial charge in [0, 0.05) is 37.3 Å². The van der Waals surface area contributed by atoms with E-state index in [1.54, 1.807) is 4.90 Å². The van der Waals surface area contributed by atoms with Gasteiger partial charge in [-0.1, -0.05) is 15.9 Å². The van der Waals surface area contributed by atoms with Gasteiger partial charge in [-0.2, -0.15) is 0 Å². The third kappa shape index (κ3) is 3.90. The average Bonchev–Trinajstić information content (AvgIpc) is 2.34. The van der Waals surface area contributed by atoms with E-state index in [0.717, 1.165) is 10.9 Å². The van der Waals surface area contributed by atoms with Crippen molar-refractivity contribution in [3.05, 3.63) is 27.7 Å². The van der Waals surface area contributed by atoms with Gasteiger partial charge in [0.2, 0.25) is 0 Å². The number of nitrogens with zero attached hydrogens (tertiary/aromatic N) is 2. The molecule has 0 bridgehead atoms. The van der Waals surface area contributed by atoms with Gasteiger partial charge in [-0.15, -0.1) is 0 Å². The monoisotopic (exact) mass is 354 g/mol. The highest BCUT2D eigenvalue weighted by molar-refractivity contribution is 9.10. The largest absolute Gasteiger partial charge is 0.444 e. The van der Waals surface area contributed by atoms with Gasteiger partial charge in [0.1, 0.15) is 5.60 Å². The fourth-order valence-electron chi connectivity index (χ4n) is 2.52. The molecule has 21 heavy (non-hydrogen) atoms. The smallest absolute Gasteiger partial charge is 0.410 e. The zero-order chi connectivity index (χ0) is 15.8. The Morgan fingerprint density at radius 1 is 1.33 bits per heavy atom. The Balaban J connectivity index is 2.23. The number of hydrogen-bond acceptors (Lipinski definition) is 3. The van der Waals surface area contributed by atoms with Gasteiger partial charge in [0.25, 0.3) is 0 Å². The zero-order valence-corrected chi connectivity index (χ0v) is 15.0. The Kier molecular flexibility index (Phi) is 4.51. The lowest BCUT2D eigenvalue weighted by atomic mass is 9.97. The molecule has 0 aliphatic carbocycles. The summed E-state index contributed by atoms with van der Waals surface area (Å²) in [4.78, 5) is 16.1. The van der Waals surface area contributed by atoms with Crippen LogP contribution in [0.2, 0.25) is 0 Å². The van der Waals surface area contributed by atoms with Crippen LogP contribution in [0.1, 0.15) is 31.9 Å². The Hall–Kier alpha value is -1.23. The van der Waals surface area contributed by atoms with Crippen molar-refractivity contribution in [2.75, 3.05) is 25.5 Å². The van der Waals surface area contributed by atoms with E-state index in [4.69, 9.17) is 4.74 Å². The van der Waals surface area contributed by atoms with Crippen LogP contribution in [0, 0.1) is 0 Å². The molecule has 1 aliphatic heterocycles. The number of halogens is 1. The summed E-state index contributed by atoms with van der Waals surface area (Å²) in [6.45, 7) is 6.98. The first kappa shape index (κ1) is 16.1. The number of carbonyl (C=O) groups excluding carboxylic acids is 1. The normalized spacial score (nSPS) is 14.7. The molecule has 1 aliphatic rings. The summed E-state index contributed by atoms with van der Waals surface area (Å²) in [7, 11) is 4.09. The summed E-state index contributed by atoms with van der Waals surface area (Å²) in [5.41, 5.74) is 3.26. The maximum atomic E-state index is 12.2. The van der Waals surface area contributed by atoms with Crippen LogP contribution >= 0.6 is 15.9 Å². The van der Waals surface area contributed by atoms with E-state index < -0.39 is 5.60 Å². The van der Waals surface area contributed by atoms with Gasteiger partial charge in [-0.3, -0.25) is 0 Å². The maximum absolute atomic E-state index is 12.2. The third-order valence-corrected chi connectivity index (χ3v) is 3.87. The number of ether oxygens (including phenoxy) is 1. The van der Waals surface area contributed by atoms with Gasteiger partial charge in [0.15, 0.2) is 0 Å². The van der Waals surface area contributed by atoms with Crippen molar-refractivity contribution in [2.45, 2.75) is 39.3 Å². The molecule has 0 saturated heterocycles. The van der Waals surface area contributed by atoms with E-state index in [0.29, 0.717) is 13.1 Å². The highest BCUT2D eigenvalue weighted by atomic mass is 79.9. The van der Waals surface area contributed by atoms with Crippen LogP contribution in [0.3, 0.4) is 0 Å². The van der Waals surface area contributed by atoms with Gasteiger partial charge >= 0.3 is 6.09 Å². The molecular formula is C16H23BrN2O2. The Bertz CT molecular complexity index is 550. The van der Waals surface area contributed by atoms with Crippen LogP contribution in [0.15, 0.2) is 16.6 Å². The SMILES string of the molecule is CN(C)c1cc(Br)cc2c1CCN(C(=O)OC(C)(C)C)C2. The zero-order valence-electron chi connectivity index (χ0n) is 13.4. The Morgan fingerprint density at radius 2 is 2.00 bits per heavy atom. The van der Waals surface area contributed by atoms with Crippen molar-refractivity contribution in [3.63, 3.8) is 0 Å². The van der Waals surface area contributed by atoms with Gasteiger partial charge < -0.3 is 14.5 Å². The highest BCUT2D eigenvalue weighted by Crippen LogP contribution is 2.32. The number of rotatable bonds is 1. The molecule has 0 fully saturated rings. The van der Waals surface area contributed by atoms with Crippen molar-refractivity contribution < 1.29 is 9.53 Å². The first-order chi connectivity index (χ1) is 9.67. The highest BCUT2D eigenvalue weighted by Gasteiger charge is 2.27. The van der Waals surface area contributed by atoms with E-state index in [2.05, 4.69) is 33.0 Å². The molecule has 1 aromatic carbocycles. The standard InChI is InChI=1S/C16H23BrN2O2/c1-16(2,3)21-15(20)19-7-6-13-11(10-19)8-12(17)9-14(13)18(4)5/h8-9H,6-7,10H2,1-5H3. The predicted octanol–water partition coefficient (Wildman–Crippen LogP) is 3.81. The molecule has 0 saturated carbocycles. The van der Waals surface area contributed by atoms with Crippen LogP contribution in [0.4, 0.5) is 10.5 Å². The molecular weight excluding hydrogens is 332 g/mol. The number of fused-ring (bicyclic) bond motifs is 1. The minimum Gasteiger partial charge on any atom is -0.444 e. The van der Waals surface area contributed by atoms with Crippen molar-refractivity contribution in [3.8, 4) is 0 Å². The van der Waals surface area contributed by atoms with Gasteiger partial charge in [-0.05, 0) is 50.5 Å².